The molecule has 0 unspecified atom stereocenters. The van der Waals surface area contributed by atoms with Gasteiger partial charge >= 0.3 is 0 Å². The number of nitrogens with zero attached hydrogens (tertiary/aromatic N) is 3. The molecule has 0 spiro atoms. The molecule has 0 atom stereocenters. The maximum absolute atomic E-state index is 12.9. The molecular weight excluding hydrogens is 366 g/mol. The zero-order valence-corrected chi connectivity index (χ0v) is 17.0. The van der Waals surface area contributed by atoms with Crippen LogP contribution in [-0.2, 0) is 17.9 Å². The predicted molar refractivity (Wildman–Crippen MR) is 112 cm³/mol. The summed E-state index contributed by atoms with van der Waals surface area (Å²) < 4.78 is 13.2. The maximum atomic E-state index is 12.9. The first kappa shape index (κ1) is 19.3. The van der Waals surface area contributed by atoms with Gasteiger partial charge in [-0.15, -0.1) is 0 Å². The second-order valence-corrected chi connectivity index (χ2v) is 7.63. The van der Waals surface area contributed by atoms with Gasteiger partial charge in [0, 0.05) is 19.2 Å². The van der Waals surface area contributed by atoms with Crippen LogP contribution in [0.1, 0.15) is 25.6 Å². The van der Waals surface area contributed by atoms with E-state index in [1.807, 2.05) is 58.0 Å². The number of aromatic nitrogens is 2. The molecule has 152 valence electrons. The van der Waals surface area contributed by atoms with E-state index in [4.69, 9.17) is 14.5 Å². The number of piperidine rings is 1. The van der Waals surface area contributed by atoms with Crippen molar-refractivity contribution in [3.63, 3.8) is 0 Å². The molecule has 0 N–H and O–H groups in total. The highest BCUT2D eigenvalue weighted by atomic mass is 16.5. The molecule has 1 saturated heterocycles. The molecule has 2 aromatic carbocycles. The second kappa shape index (κ2) is 8.55. The molecule has 0 aliphatic carbocycles. The van der Waals surface area contributed by atoms with Gasteiger partial charge in [-0.2, -0.15) is 0 Å². The summed E-state index contributed by atoms with van der Waals surface area (Å²) in [7, 11) is 1.63. The van der Waals surface area contributed by atoms with Crippen LogP contribution in [-0.4, -0.2) is 40.6 Å². The number of para-hydroxylation sites is 2. The fourth-order valence-electron chi connectivity index (χ4n) is 3.74. The fourth-order valence-corrected chi connectivity index (χ4v) is 3.74. The van der Waals surface area contributed by atoms with Gasteiger partial charge in [0.25, 0.3) is 0 Å². The Morgan fingerprint density at radius 3 is 2.66 bits per heavy atom. The van der Waals surface area contributed by atoms with Crippen LogP contribution < -0.4 is 9.47 Å². The molecule has 1 aromatic heterocycles. The molecule has 0 bridgehead atoms. The van der Waals surface area contributed by atoms with Gasteiger partial charge in [-0.1, -0.05) is 25.1 Å². The van der Waals surface area contributed by atoms with Gasteiger partial charge in [-0.05, 0) is 43.0 Å². The van der Waals surface area contributed by atoms with E-state index in [2.05, 4.69) is 6.92 Å². The minimum absolute atomic E-state index is 0.141. The van der Waals surface area contributed by atoms with Crippen LogP contribution in [0.25, 0.3) is 11.0 Å². The number of carbonyl (C=O) groups excluding carboxylic acids is 1. The first-order chi connectivity index (χ1) is 14.1. The van der Waals surface area contributed by atoms with Crippen LogP contribution in [0.3, 0.4) is 0 Å². The summed E-state index contributed by atoms with van der Waals surface area (Å²) in [6, 6.07) is 15.4. The summed E-state index contributed by atoms with van der Waals surface area (Å²) in [6.07, 6.45) is 2.14. The lowest BCUT2D eigenvalue weighted by Crippen LogP contribution is -2.40. The third-order valence-corrected chi connectivity index (χ3v) is 5.57. The van der Waals surface area contributed by atoms with E-state index in [-0.39, 0.29) is 19.1 Å². The van der Waals surface area contributed by atoms with E-state index < -0.39 is 0 Å². The summed E-state index contributed by atoms with van der Waals surface area (Å²) >= 11 is 0. The topological polar surface area (TPSA) is 56.6 Å². The van der Waals surface area contributed by atoms with E-state index in [0.29, 0.717) is 11.7 Å². The Balaban J connectivity index is 1.54. The fraction of sp³-hybridized carbons (Fsp3) is 0.391. The van der Waals surface area contributed by atoms with Gasteiger partial charge in [0.15, 0.2) is 0 Å². The van der Waals surface area contributed by atoms with Crippen molar-refractivity contribution in [2.24, 2.45) is 5.92 Å². The number of imidazole rings is 1. The predicted octanol–water partition coefficient (Wildman–Crippen LogP) is 3.88. The number of carbonyl (C=O) groups is 1. The average Bonchev–Trinajstić information content (AvgIpc) is 3.10. The highest BCUT2D eigenvalue weighted by Crippen LogP contribution is 2.22. The van der Waals surface area contributed by atoms with Crippen LogP contribution in [0.4, 0.5) is 0 Å². The number of hydrogen-bond acceptors (Lipinski definition) is 4. The Morgan fingerprint density at radius 1 is 1.10 bits per heavy atom. The average molecular weight is 393 g/mol. The quantitative estimate of drug-likeness (QED) is 0.638. The second-order valence-electron chi connectivity index (χ2n) is 7.63. The van der Waals surface area contributed by atoms with Crippen molar-refractivity contribution < 1.29 is 14.3 Å². The molecule has 6 nitrogen and oxygen atoms in total. The van der Waals surface area contributed by atoms with Crippen LogP contribution in [0.15, 0.2) is 48.5 Å². The summed E-state index contributed by atoms with van der Waals surface area (Å²) in [4.78, 5) is 19.6. The lowest BCUT2D eigenvalue weighted by atomic mass is 9.99. The van der Waals surface area contributed by atoms with E-state index in [9.17, 15) is 4.79 Å². The van der Waals surface area contributed by atoms with Crippen molar-refractivity contribution in [1.82, 2.24) is 14.5 Å². The monoisotopic (exact) mass is 393 g/mol. The van der Waals surface area contributed by atoms with Crippen molar-refractivity contribution in [2.45, 2.75) is 32.9 Å². The molecule has 1 aliphatic rings. The van der Waals surface area contributed by atoms with E-state index in [0.717, 1.165) is 48.5 Å². The third-order valence-electron chi connectivity index (χ3n) is 5.57. The molecule has 1 fully saturated rings. The Morgan fingerprint density at radius 2 is 1.86 bits per heavy atom. The molecule has 0 radical (unpaired) electrons. The minimum Gasteiger partial charge on any atom is -0.497 e. The van der Waals surface area contributed by atoms with Gasteiger partial charge < -0.3 is 18.9 Å². The van der Waals surface area contributed by atoms with Crippen molar-refractivity contribution in [1.29, 1.82) is 0 Å². The van der Waals surface area contributed by atoms with Gasteiger partial charge in [-0.25, -0.2) is 4.98 Å². The number of likely N-dealkylation sites (tertiary alicyclic amines) is 1. The number of methoxy groups -OCH3 is 1. The lowest BCUT2D eigenvalue weighted by molar-refractivity contribution is -0.133. The van der Waals surface area contributed by atoms with Crippen molar-refractivity contribution in [3.05, 3.63) is 54.4 Å². The molecule has 2 heterocycles. The largest absolute Gasteiger partial charge is 0.497 e. The van der Waals surface area contributed by atoms with Crippen LogP contribution in [0.5, 0.6) is 11.5 Å². The van der Waals surface area contributed by atoms with Gasteiger partial charge in [-0.3, -0.25) is 4.79 Å². The van der Waals surface area contributed by atoms with Crippen LogP contribution in [0.2, 0.25) is 0 Å². The number of ether oxygens (including phenoxy) is 2. The summed E-state index contributed by atoms with van der Waals surface area (Å²) in [5.74, 6) is 3.03. The highest BCUT2D eigenvalue weighted by Gasteiger charge is 2.22. The zero-order chi connectivity index (χ0) is 20.2. The summed E-state index contributed by atoms with van der Waals surface area (Å²) in [5.41, 5.74) is 1.83. The molecule has 0 saturated carbocycles. The standard InChI is InChI=1S/C23H27N3O3/c1-17-10-12-25(13-11-17)23(27)15-26-21-9-4-3-8-20(21)24-22(26)16-29-19-7-5-6-18(14-19)28-2/h3-9,14,17H,10-13,15-16H2,1-2H3. The van der Waals surface area contributed by atoms with Crippen molar-refractivity contribution >= 4 is 16.9 Å². The molecule has 1 amide bonds. The summed E-state index contributed by atoms with van der Waals surface area (Å²) in [6.45, 7) is 4.49. The van der Waals surface area contributed by atoms with E-state index >= 15 is 0 Å². The molecule has 6 heteroatoms. The molecule has 3 aromatic rings. The molecular formula is C23H27N3O3. The van der Waals surface area contributed by atoms with Gasteiger partial charge in [0.05, 0.1) is 18.1 Å². The Labute approximate surface area is 171 Å². The SMILES string of the molecule is COc1cccc(OCc2nc3ccccc3n2CC(=O)N2CCC(C)CC2)c1. The Kier molecular flexibility index (Phi) is 5.69. The minimum atomic E-state index is 0.141. The van der Waals surface area contributed by atoms with Crippen LogP contribution in [0, 0.1) is 5.92 Å². The smallest absolute Gasteiger partial charge is 0.242 e. The van der Waals surface area contributed by atoms with E-state index in [1.54, 1.807) is 7.11 Å². The lowest BCUT2D eigenvalue weighted by Gasteiger charge is -2.30. The molecule has 4 rings (SSSR count). The Bertz CT molecular complexity index is 990. The first-order valence-electron chi connectivity index (χ1n) is 10.1. The molecule has 29 heavy (non-hydrogen) atoms. The number of fused-ring (bicyclic) bond motifs is 1. The van der Waals surface area contributed by atoms with Crippen molar-refractivity contribution in [2.75, 3.05) is 20.2 Å². The third kappa shape index (κ3) is 4.36. The number of rotatable bonds is 6. The highest BCUT2D eigenvalue weighted by molar-refractivity contribution is 5.81. The first-order valence-corrected chi connectivity index (χ1v) is 10.1. The van der Waals surface area contributed by atoms with Gasteiger partial charge in [0.2, 0.25) is 5.91 Å². The van der Waals surface area contributed by atoms with Gasteiger partial charge in [0.1, 0.15) is 30.5 Å². The Hall–Kier alpha value is -3.02. The van der Waals surface area contributed by atoms with Crippen LogP contribution >= 0.6 is 0 Å². The number of amides is 1. The normalized spacial score (nSPS) is 14.9. The molecule has 1 aliphatic heterocycles. The number of hydrogen-bond donors (Lipinski definition) is 0. The maximum Gasteiger partial charge on any atom is 0.242 e. The zero-order valence-electron chi connectivity index (χ0n) is 17.0. The van der Waals surface area contributed by atoms with E-state index in [1.165, 1.54) is 0 Å². The van der Waals surface area contributed by atoms with Crippen molar-refractivity contribution in [3.8, 4) is 11.5 Å². The summed E-state index contributed by atoms with van der Waals surface area (Å²) in [5, 5.41) is 0. The number of benzene rings is 2.